The Kier molecular flexibility index (Phi) is 5.18. The van der Waals surface area contributed by atoms with Gasteiger partial charge in [-0.05, 0) is 27.5 Å². The molecule has 0 saturated heterocycles. The summed E-state index contributed by atoms with van der Waals surface area (Å²) in [5.74, 6) is 0. The summed E-state index contributed by atoms with van der Waals surface area (Å²) in [6.45, 7) is 9.42. The van der Waals surface area contributed by atoms with Crippen molar-refractivity contribution in [1.29, 1.82) is 0 Å². The van der Waals surface area contributed by atoms with Crippen LogP contribution in [0.4, 0.5) is 0 Å². The van der Waals surface area contributed by atoms with Crippen LogP contribution in [0, 0.1) is 0 Å². The van der Waals surface area contributed by atoms with Crippen molar-refractivity contribution in [1.82, 2.24) is 0 Å². The van der Waals surface area contributed by atoms with Gasteiger partial charge in [0.05, 0.1) is 5.54 Å². The molecule has 0 aromatic carbocycles. The average Bonchev–Trinajstić information content (AvgIpc) is 2.41. The Labute approximate surface area is 70.9 Å². The minimum Gasteiger partial charge on any atom is -0.295 e. The first-order valence-corrected chi connectivity index (χ1v) is 4.54. The summed E-state index contributed by atoms with van der Waals surface area (Å²) >= 11 is 0. The summed E-state index contributed by atoms with van der Waals surface area (Å²) in [4.78, 5) is 3.77. The van der Waals surface area contributed by atoms with Crippen molar-refractivity contribution in [2.45, 2.75) is 58.4 Å². The zero-order valence-electron chi connectivity index (χ0n) is 8.19. The molecule has 66 valence electrons. The van der Waals surface area contributed by atoms with Gasteiger partial charge < -0.3 is 0 Å². The third-order valence-corrected chi connectivity index (χ3v) is 1.72. The van der Waals surface area contributed by atoms with Crippen LogP contribution in [0.25, 0.3) is 0 Å². The molecule has 0 aromatic rings. The zero-order chi connectivity index (χ0) is 8.74. The normalized spacial score (nSPS) is 17.0. The van der Waals surface area contributed by atoms with E-state index in [1.807, 2.05) is 20.8 Å². The van der Waals surface area contributed by atoms with Gasteiger partial charge in [-0.25, -0.2) is 0 Å². The highest BCUT2D eigenvalue weighted by Gasteiger charge is 2.01. The Morgan fingerprint density at radius 1 is 0.909 bits per heavy atom. The summed E-state index contributed by atoms with van der Waals surface area (Å²) in [5, 5.41) is 0. The van der Waals surface area contributed by atoms with Gasteiger partial charge in [0.25, 0.3) is 0 Å². The molecule has 0 aromatic heterocycles. The summed E-state index contributed by atoms with van der Waals surface area (Å²) in [5.41, 5.74) is 0.0556. The summed E-state index contributed by atoms with van der Waals surface area (Å²) in [6.07, 6.45) is 7.50. The zero-order valence-corrected chi connectivity index (χ0v) is 8.19. The quantitative estimate of drug-likeness (QED) is 0.475. The SMILES string of the molecule is C1CCCC1.C=NC(C)(C)C. The largest absolute Gasteiger partial charge is 0.295 e. The van der Waals surface area contributed by atoms with Crippen LogP contribution in [-0.2, 0) is 0 Å². The van der Waals surface area contributed by atoms with Crippen LogP contribution in [0.5, 0.6) is 0 Å². The lowest BCUT2D eigenvalue weighted by atomic mass is 10.1. The molecule has 0 bridgehead atoms. The topological polar surface area (TPSA) is 12.4 Å². The van der Waals surface area contributed by atoms with E-state index in [1.165, 1.54) is 32.1 Å². The third kappa shape index (κ3) is 9.67. The van der Waals surface area contributed by atoms with Gasteiger partial charge in [0.1, 0.15) is 0 Å². The molecule has 1 fully saturated rings. The van der Waals surface area contributed by atoms with Gasteiger partial charge >= 0.3 is 0 Å². The third-order valence-electron chi connectivity index (χ3n) is 1.72. The number of hydrogen-bond donors (Lipinski definition) is 0. The summed E-state index contributed by atoms with van der Waals surface area (Å²) in [6, 6.07) is 0. The van der Waals surface area contributed by atoms with E-state index < -0.39 is 0 Å². The first-order valence-electron chi connectivity index (χ1n) is 4.54. The highest BCUT2D eigenvalue weighted by atomic mass is 14.8. The maximum Gasteiger partial charge on any atom is 0.0516 e. The monoisotopic (exact) mass is 155 g/mol. The van der Waals surface area contributed by atoms with Crippen molar-refractivity contribution in [3.05, 3.63) is 0 Å². The lowest BCUT2D eigenvalue weighted by molar-refractivity contribution is 0.588. The van der Waals surface area contributed by atoms with Crippen molar-refractivity contribution in [3.63, 3.8) is 0 Å². The van der Waals surface area contributed by atoms with Crippen molar-refractivity contribution in [3.8, 4) is 0 Å². The summed E-state index contributed by atoms with van der Waals surface area (Å²) in [7, 11) is 0. The second kappa shape index (κ2) is 5.34. The van der Waals surface area contributed by atoms with Crippen LogP contribution in [-0.4, -0.2) is 12.3 Å². The first-order chi connectivity index (χ1) is 5.06. The van der Waals surface area contributed by atoms with Crippen molar-refractivity contribution in [2.75, 3.05) is 0 Å². The minimum absolute atomic E-state index is 0.0556. The van der Waals surface area contributed by atoms with E-state index in [2.05, 4.69) is 11.7 Å². The Balaban J connectivity index is 0.000000183. The fraction of sp³-hybridized carbons (Fsp3) is 0.900. The standard InChI is InChI=1S/C5H11N.C5H10/c1-5(2,3)6-4;1-2-4-5-3-1/h4H2,1-3H3;1-5H2. The number of aliphatic imine (C=N–C) groups is 1. The van der Waals surface area contributed by atoms with Gasteiger partial charge in [0.15, 0.2) is 0 Å². The van der Waals surface area contributed by atoms with Crippen molar-refractivity contribution >= 4 is 6.72 Å². The molecule has 0 aliphatic heterocycles. The highest BCUT2D eigenvalue weighted by molar-refractivity contribution is 5.24. The van der Waals surface area contributed by atoms with E-state index in [0.29, 0.717) is 0 Å². The van der Waals surface area contributed by atoms with E-state index in [9.17, 15) is 0 Å². The van der Waals surface area contributed by atoms with Crippen molar-refractivity contribution < 1.29 is 0 Å². The summed E-state index contributed by atoms with van der Waals surface area (Å²) < 4.78 is 0. The average molecular weight is 155 g/mol. The van der Waals surface area contributed by atoms with Crippen LogP contribution < -0.4 is 0 Å². The minimum atomic E-state index is 0.0556. The highest BCUT2D eigenvalue weighted by Crippen LogP contribution is 2.15. The van der Waals surface area contributed by atoms with Gasteiger partial charge in [-0.15, -0.1) is 0 Å². The van der Waals surface area contributed by atoms with E-state index in [-0.39, 0.29) is 5.54 Å². The molecule has 0 N–H and O–H groups in total. The molecule has 1 nitrogen and oxygen atoms in total. The molecule has 1 rings (SSSR count). The molecular formula is C10H21N. The van der Waals surface area contributed by atoms with Crippen LogP contribution >= 0.6 is 0 Å². The molecule has 1 saturated carbocycles. The molecule has 1 heteroatoms. The fourth-order valence-electron chi connectivity index (χ4n) is 0.884. The van der Waals surface area contributed by atoms with Gasteiger partial charge in [0, 0.05) is 0 Å². The van der Waals surface area contributed by atoms with E-state index in [4.69, 9.17) is 0 Å². The van der Waals surface area contributed by atoms with Gasteiger partial charge in [-0.3, -0.25) is 4.99 Å². The van der Waals surface area contributed by atoms with Gasteiger partial charge in [-0.2, -0.15) is 0 Å². The van der Waals surface area contributed by atoms with Crippen LogP contribution in [0.2, 0.25) is 0 Å². The second-order valence-corrected chi connectivity index (χ2v) is 4.10. The van der Waals surface area contributed by atoms with Crippen LogP contribution in [0.3, 0.4) is 0 Å². The Morgan fingerprint density at radius 2 is 1.09 bits per heavy atom. The Bertz CT molecular complexity index is 88.3. The Morgan fingerprint density at radius 3 is 1.18 bits per heavy atom. The van der Waals surface area contributed by atoms with E-state index >= 15 is 0 Å². The van der Waals surface area contributed by atoms with E-state index in [1.54, 1.807) is 0 Å². The van der Waals surface area contributed by atoms with Crippen LogP contribution in [0.1, 0.15) is 52.9 Å². The first kappa shape index (κ1) is 10.7. The molecular weight excluding hydrogens is 134 g/mol. The van der Waals surface area contributed by atoms with Crippen molar-refractivity contribution in [2.24, 2.45) is 4.99 Å². The number of nitrogens with zero attached hydrogens (tertiary/aromatic N) is 1. The maximum absolute atomic E-state index is 3.77. The number of hydrogen-bond acceptors (Lipinski definition) is 1. The molecule has 1 aliphatic rings. The molecule has 0 atom stereocenters. The maximum atomic E-state index is 3.77. The Hall–Kier alpha value is -0.330. The predicted molar refractivity (Wildman–Crippen MR) is 52.4 cm³/mol. The van der Waals surface area contributed by atoms with Crippen LogP contribution in [0.15, 0.2) is 4.99 Å². The van der Waals surface area contributed by atoms with E-state index in [0.717, 1.165) is 0 Å². The predicted octanol–water partition coefficient (Wildman–Crippen LogP) is 3.44. The lowest BCUT2D eigenvalue weighted by Crippen LogP contribution is -2.07. The molecule has 0 unspecified atom stereocenters. The van der Waals surface area contributed by atoms with Gasteiger partial charge in [-0.1, -0.05) is 32.1 Å². The van der Waals surface area contributed by atoms with Gasteiger partial charge in [0.2, 0.25) is 0 Å². The molecule has 0 radical (unpaired) electrons. The molecule has 0 amide bonds. The molecule has 1 aliphatic carbocycles. The second-order valence-electron chi connectivity index (χ2n) is 4.10. The molecule has 0 heterocycles. The lowest BCUT2D eigenvalue weighted by Gasteiger charge is -2.07. The fourth-order valence-corrected chi connectivity index (χ4v) is 0.884. The smallest absolute Gasteiger partial charge is 0.0516 e. The molecule has 11 heavy (non-hydrogen) atoms. The molecule has 0 spiro atoms. The number of rotatable bonds is 0.